The zero-order valence-corrected chi connectivity index (χ0v) is 11.0. The molecule has 0 aliphatic carbocycles. The second-order valence-electron chi connectivity index (χ2n) is 4.80. The highest BCUT2D eigenvalue weighted by molar-refractivity contribution is 7.10. The summed E-state index contributed by atoms with van der Waals surface area (Å²) >= 11 is 1.54. The van der Waals surface area contributed by atoms with Crippen molar-refractivity contribution in [3.05, 3.63) is 46.2 Å². The van der Waals surface area contributed by atoms with Crippen molar-refractivity contribution in [2.75, 3.05) is 0 Å². The average molecular weight is 242 g/mol. The standard InChI is InChI=1S/C14H14N2S/c1-14(2,3)11-6-7-16-12(8-11)4-5-13-9-15-10-17-13/h6-10H,1-3H3. The molecule has 0 aliphatic rings. The van der Waals surface area contributed by atoms with E-state index in [2.05, 4.69) is 42.6 Å². The summed E-state index contributed by atoms with van der Waals surface area (Å²) in [5.41, 5.74) is 3.97. The lowest BCUT2D eigenvalue weighted by atomic mass is 9.87. The van der Waals surface area contributed by atoms with Crippen molar-refractivity contribution in [1.82, 2.24) is 9.97 Å². The quantitative estimate of drug-likeness (QED) is 0.663. The number of thiazole rings is 1. The Balaban J connectivity index is 2.29. The van der Waals surface area contributed by atoms with Gasteiger partial charge in [-0.2, -0.15) is 0 Å². The summed E-state index contributed by atoms with van der Waals surface area (Å²) in [7, 11) is 0. The molecule has 0 atom stereocenters. The largest absolute Gasteiger partial charge is 0.252 e. The van der Waals surface area contributed by atoms with Gasteiger partial charge in [0, 0.05) is 6.20 Å². The van der Waals surface area contributed by atoms with Crippen molar-refractivity contribution < 1.29 is 0 Å². The molecule has 0 amide bonds. The lowest BCUT2D eigenvalue weighted by Crippen LogP contribution is -2.11. The molecule has 0 aromatic carbocycles. The Morgan fingerprint density at radius 1 is 1.24 bits per heavy atom. The van der Waals surface area contributed by atoms with Crippen LogP contribution in [0.15, 0.2) is 30.0 Å². The maximum absolute atomic E-state index is 4.26. The molecule has 0 saturated heterocycles. The van der Waals surface area contributed by atoms with E-state index >= 15 is 0 Å². The van der Waals surface area contributed by atoms with Crippen LogP contribution >= 0.6 is 11.3 Å². The van der Waals surface area contributed by atoms with E-state index in [1.54, 1.807) is 11.7 Å². The Morgan fingerprint density at radius 3 is 2.71 bits per heavy atom. The molecule has 0 radical (unpaired) electrons. The van der Waals surface area contributed by atoms with E-state index in [4.69, 9.17) is 0 Å². The molecule has 0 saturated carbocycles. The van der Waals surface area contributed by atoms with Crippen LogP contribution in [0, 0.1) is 11.8 Å². The maximum atomic E-state index is 4.26. The highest BCUT2D eigenvalue weighted by atomic mass is 32.1. The summed E-state index contributed by atoms with van der Waals surface area (Å²) in [5.74, 6) is 6.13. The van der Waals surface area contributed by atoms with E-state index in [9.17, 15) is 0 Å². The lowest BCUT2D eigenvalue weighted by Gasteiger charge is -2.18. The van der Waals surface area contributed by atoms with Crippen LogP contribution in [0.25, 0.3) is 0 Å². The van der Waals surface area contributed by atoms with E-state index in [1.807, 2.05) is 18.3 Å². The van der Waals surface area contributed by atoms with Gasteiger partial charge >= 0.3 is 0 Å². The predicted molar refractivity (Wildman–Crippen MR) is 71.0 cm³/mol. The normalized spacial score (nSPS) is 10.8. The number of nitrogens with zero attached hydrogens (tertiary/aromatic N) is 2. The molecule has 0 N–H and O–H groups in total. The average Bonchev–Trinajstić information content (AvgIpc) is 2.78. The molecule has 2 heterocycles. The summed E-state index contributed by atoms with van der Waals surface area (Å²) < 4.78 is 0. The minimum atomic E-state index is 0.129. The van der Waals surface area contributed by atoms with Crippen molar-refractivity contribution >= 4 is 11.3 Å². The van der Waals surface area contributed by atoms with Gasteiger partial charge in [0.2, 0.25) is 0 Å². The lowest BCUT2D eigenvalue weighted by molar-refractivity contribution is 0.589. The first-order valence-electron chi connectivity index (χ1n) is 5.43. The number of pyridine rings is 1. The third-order valence-electron chi connectivity index (χ3n) is 2.37. The monoisotopic (exact) mass is 242 g/mol. The Morgan fingerprint density at radius 2 is 2.06 bits per heavy atom. The molecule has 0 aliphatic heterocycles. The number of rotatable bonds is 0. The second kappa shape index (κ2) is 4.68. The molecular weight excluding hydrogens is 228 g/mol. The highest BCUT2D eigenvalue weighted by Crippen LogP contribution is 2.21. The molecule has 2 nitrogen and oxygen atoms in total. The van der Waals surface area contributed by atoms with Gasteiger partial charge in [0.05, 0.1) is 16.6 Å². The minimum absolute atomic E-state index is 0.129. The molecule has 0 bridgehead atoms. The first kappa shape index (κ1) is 11.8. The van der Waals surface area contributed by atoms with Gasteiger partial charge in [0.15, 0.2) is 0 Å². The fourth-order valence-corrected chi connectivity index (χ4v) is 1.84. The van der Waals surface area contributed by atoms with E-state index in [0.29, 0.717) is 0 Å². The topological polar surface area (TPSA) is 25.8 Å². The number of aromatic nitrogens is 2. The highest BCUT2D eigenvalue weighted by Gasteiger charge is 2.13. The molecule has 2 aromatic heterocycles. The second-order valence-corrected chi connectivity index (χ2v) is 5.68. The van der Waals surface area contributed by atoms with Gasteiger partial charge in [0.1, 0.15) is 5.69 Å². The summed E-state index contributed by atoms with van der Waals surface area (Å²) in [6, 6.07) is 4.09. The molecule has 2 rings (SSSR count). The molecule has 86 valence electrons. The summed E-state index contributed by atoms with van der Waals surface area (Å²) in [6.45, 7) is 6.55. The van der Waals surface area contributed by atoms with Crippen molar-refractivity contribution in [2.45, 2.75) is 26.2 Å². The smallest absolute Gasteiger partial charge is 0.113 e. The molecular formula is C14H14N2S. The zero-order valence-electron chi connectivity index (χ0n) is 10.2. The van der Waals surface area contributed by atoms with Gasteiger partial charge in [-0.05, 0) is 35.0 Å². The molecule has 17 heavy (non-hydrogen) atoms. The SMILES string of the molecule is CC(C)(C)c1ccnc(C#Cc2cncs2)c1. The van der Waals surface area contributed by atoms with Gasteiger partial charge < -0.3 is 0 Å². The fraction of sp³-hybridized carbons (Fsp3) is 0.286. The Bertz CT molecular complexity index is 554. The third kappa shape index (κ3) is 3.15. The van der Waals surface area contributed by atoms with Crippen molar-refractivity contribution in [3.63, 3.8) is 0 Å². The zero-order chi connectivity index (χ0) is 12.3. The van der Waals surface area contributed by atoms with E-state index in [1.165, 1.54) is 16.9 Å². The van der Waals surface area contributed by atoms with E-state index in [0.717, 1.165) is 10.6 Å². The third-order valence-corrected chi connectivity index (χ3v) is 3.06. The van der Waals surface area contributed by atoms with Crippen molar-refractivity contribution in [1.29, 1.82) is 0 Å². The van der Waals surface area contributed by atoms with Gasteiger partial charge in [-0.3, -0.25) is 4.98 Å². The molecule has 2 aromatic rings. The van der Waals surface area contributed by atoms with Crippen LogP contribution in [-0.4, -0.2) is 9.97 Å². The van der Waals surface area contributed by atoms with Crippen LogP contribution < -0.4 is 0 Å². The minimum Gasteiger partial charge on any atom is -0.252 e. The van der Waals surface area contributed by atoms with Crippen molar-refractivity contribution in [3.8, 4) is 11.8 Å². The fourth-order valence-electron chi connectivity index (χ4n) is 1.37. The van der Waals surface area contributed by atoms with E-state index < -0.39 is 0 Å². The van der Waals surface area contributed by atoms with Crippen LogP contribution in [0.4, 0.5) is 0 Å². The first-order valence-corrected chi connectivity index (χ1v) is 6.31. The summed E-state index contributed by atoms with van der Waals surface area (Å²) in [6.07, 6.45) is 3.59. The molecule has 3 heteroatoms. The Hall–Kier alpha value is -1.66. The van der Waals surface area contributed by atoms with Crippen LogP contribution in [0.3, 0.4) is 0 Å². The predicted octanol–water partition coefficient (Wildman–Crippen LogP) is 3.24. The van der Waals surface area contributed by atoms with Crippen molar-refractivity contribution in [2.24, 2.45) is 0 Å². The van der Waals surface area contributed by atoms with Gasteiger partial charge in [-0.15, -0.1) is 11.3 Å². The summed E-state index contributed by atoms with van der Waals surface area (Å²) in [5, 5.41) is 0. The Kier molecular flexibility index (Phi) is 3.26. The van der Waals surface area contributed by atoms with Gasteiger partial charge in [0.25, 0.3) is 0 Å². The van der Waals surface area contributed by atoms with Crippen LogP contribution in [-0.2, 0) is 5.41 Å². The van der Waals surface area contributed by atoms with Gasteiger partial charge in [-0.1, -0.05) is 20.8 Å². The van der Waals surface area contributed by atoms with Crippen LogP contribution in [0.5, 0.6) is 0 Å². The van der Waals surface area contributed by atoms with Crippen LogP contribution in [0.1, 0.15) is 36.9 Å². The molecule has 0 unspecified atom stereocenters. The molecule has 0 spiro atoms. The van der Waals surface area contributed by atoms with Crippen LogP contribution in [0.2, 0.25) is 0 Å². The summed E-state index contributed by atoms with van der Waals surface area (Å²) in [4.78, 5) is 9.22. The Labute approximate surface area is 106 Å². The number of hydrogen-bond acceptors (Lipinski definition) is 3. The maximum Gasteiger partial charge on any atom is 0.113 e. The number of hydrogen-bond donors (Lipinski definition) is 0. The van der Waals surface area contributed by atoms with Gasteiger partial charge in [-0.25, -0.2) is 4.98 Å². The van der Waals surface area contributed by atoms with E-state index in [-0.39, 0.29) is 5.41 Å². The molecule has 0 fully saturated rings. The first-order chi connectivity index (χ1) is 8.05.